The number of benzene rings is 2. The molecule has 4 rings (SSSR count). The molecule has 1 fully saturated rings. The molecule has 2 aliphatic heterocycles. The first-order chi connectivity index (χ1) is 15.0. The summed E-state index contributed by atoms with van der Waals surface area (Å²) < 4.78 is 66.2. The predicted molar refractivity (Wildman–Crippen MR) is 100 cm³/mol. The van der Waals surface area contributed by atoms with Crippen molar-refractivity contribution < 1.29 is 45.3 Å². The van der Waals surface area contributed by atoms with Crippen LogP contribution in [0.5, 0.6) is 5.75 Å². The predicted octanol–water partition coefficient (Wildman–Crippen LogP) is 2.96. The molecule has 1 N–H and O–H groups in total. The van der Waals surface area contributed by atoms with E-state index in [0.29, 0.717) is 5.56 Å². The lowest BCUT2D eigenvalue weighted by Gasteiger charge is -2.31. The number of carboxylic acid groups (broad SMARTS) is 1. The van der Waals surface area contributed by atoms with Crippen LogP contribution in [0.2, 0.25) is 0 Å². The average Bonchev–Trinajstić information content (AvgIpc) is 2.98. The topological polar surface area (TPSA) is 113 Å². The number of rotatable bonds is 6. The summed E-state index contributed by atoms with van der Waals surface area (Å²) in [5.41, 5.74) is -5.26. The van der Waals surface area contributed by atoms with Crippen LogP contribution >= 0.6 is 0 Å². The van der Waals surface area contributed by atoms with Gasteiger partial charge in [-0.1, -0.05) is 42.5 Å². The summed E-state index contributed by atoms with van der Waals surface area (Å²) in [6.07, 6.45) is 0. The molecule has 2 aliphatic rings. The van der Waals surface area contributed by atoms with Crippen LogP contribution in [0.1, 0.15) is 28.8 Å². The van der Waals surface area contributed by atoms with Crippen molar-refractivity contribution in [3.05, 3.63) is 65.2 Å². The second kappa shape index (κ2) is 7.67. The molecule has 0 unspecified atom stereocenters. The Morgan fingerprint density at radius 2 is 1.81 bits per heavy atom. The standard InChI is InChI=1S/C19H15F3N2O7S/c20-19(21,22)32(28,29)31-14-8-4-7-12-15(14)13-9-23(16(12)17(25)26)18(27)24(13)30-10-11-5-2-1-3-6-11/h1-8,13,16H,9-10H2,(H,25,26)/t13-,16-/m1/s1. The molecule has 2 aromatic rings. The number of carbonyl (C=O) groups excluding carboxylic acids is 1. The summed E-state index contributed by atoms with van der Waals surface area (Å²) in [4.78, 5) is 31.3. The van der Waals surface area contributed by atoms with E-state index in [0.717, 1.165) is 22.1 Å². The average molecular weight is 472 g/mol. The van der Waals surface area contributed by atoms with E-state index in [9.17, 15) is 36.3 Å². The van der Waals surface area contributed by atoms with Crippen LogP contribution in [0.15, 0.2) is 48.5 Å². The monoisotopic (exact) mass is 472 g/mol. The zero-order chi connectivity index (χ0) is 23.3. The van der Waals surface area contributed by atoms with Gasteiger partial charge in [0.15, 0.2) is 6.04 Å². The van der Waals surface area contributed by atoms with Gasteiger partial charge in [0.1, 0.15) is 18.4 Å². The summed E-state index contributed by atoms with van der Waals surface area (Å²) >= 11 is 0. The Hall–Kier alpha value is -3.32. The molecule has 2 amide bonds. The van der Waals surface area contributed by atoms with Gasteiger partial charge >= 0.3 is 27.6 Å². The molecule has 170 valence electrons. The first kappa shape index (κ1) is 21.9. The SMILES string of the molecule is O=C(O)[C@H]1c2cccc(OS(=O)(=O)C(F)(F)F)c2[C@H]2CN1C(=O)N2OCc1ccccc1. The summed E-state index contributed by atoms with van der Waals surface area (Å²) in [7, 11) is -6.03. The number of carbonyl (C=O) groups is 2. The van der Waals surface area contributed by atoms with Gasteiger partial charge in [-0.15, -0.1) is 0 Å². The molecular weight excluding hydrogens is 457 g/mol. The highest BCUT2D eigenvalue weighted by Crippen LogP contribution is 2.48. The number of urea groups is 1. The van der Waals surface area contributed by atoms with Crippen molar-refractivity contribution in [2.75, 3.05) is 6.54 Å². The first-order valence-electron chi connectivity index (χ1n) is 9.14. The van der Waals surface area contributed by atoms with E-state index in [1.807, 2.05) is 0 Å². The van der Waals surface area contributed by atoms with Gasteiger partial charge in [0.05, 0.1) is 6.54 Å². The van der Waals surface area contributed by atoms with Crippen molar-refractivity contribution in [3.63, 3.8) is 0 Å². The number of halogens is 3. The highest BCUT2D eigenvalue weighted by molar-refractivity contribution is 7.88. The maximum atomic E-state index is 12.9. The largest absolute Gasteiger partial charge is 0.534 e. The van der Waals surface area contributed by atoms with Gasteiger partial charge in [-0.05, 0) is 17.2 Å². The van der Waals surface area contributed by atoms with Crippen LogP contribution in [0.4, 0.5) is 18.0 Å². The minimum Gasteiger partial charge on any atom is -0.479 e. The Balaban J connectivity index is 1.76. The fourth-order valence-corrected chi connectivity index (χ4v) is 4.19. The molecule has 32 heavy (non-hydrogen) atoms. The molecule has 0 saturated carbocycles. The Bertz CT molecular complexity index is 1170. The lowest BCUT2D eigenvalue weighted by molar-refractivity contribution is -0.143. The summed E-state index contributed by atoms with van der Waals surface area (Å²) in [5, 5.41) is 10.5. The van der Waals surface area contributed by atoms with Crippen LogP contribution in [0.25, 0.3) is 0 Å². The van der Waals surface area contributed by atoms with Crippen LogP contribution < -0.4 is 4.18 Å². The first-order valence-corrected chi connectivity index (χ1v) is 10.5. The Morgan fingerprint density at radius 3 is 2.44 bits per heavy atom. The zero-order valence-corrected chi connectivity index (χ0v) is 16.8. The van der Waals surface area contributed by atoms with E-state index in [1.165, 1.54) is 6.07 Å². The van der Waals surface area contributed by atoms with Gasteiger partial charge in [-0.25, -0.2) is 9.59 Å². The quantitative estimate of drug-likeness (QED) is 0.508. The molecule has 2 aromatic carbocycles. The summed E-state index contributed by atoms with van der Waals surface area (Å²) in [5.74, 6) is -2.17. The normalized spacial score (nSPS) is 20.3. The maximum absolute atomic E-state index is 12.9. The third-order valence-electron chi connectivity index (χ3n) is 5.06. The van der Waals surface area contributed by atoms with E-state index in [-0.39, 0.29) is 24.3 Å². The van der Waals surface area contributed by atoms with Crippen LogP contribution in [-0.2, 0) is 26.4 Å². The van der Waals surface area contributed by atoms with Gasteiger partial charge in [-0.2, -0.15) is 26.7 Å². The number of fused-ring (bicyclic) bond motifs is 4. The van der Waals surface area contributed by atoms with Crippen LogP contribution in [-0.4, -0.2) is 47.5 Å². The van der Waals surface area contributed by atoms with Crippen molar-refractivity contribution in [2.45, 2.75) is 24.2 Å². The van der Waals surface area contributed by atoms with Crippen LogP contribution in [0.3, 0.4) is 0 Å². The molecule has 1 saturated heterocycles. The lowest BCUT2D eigenvalue weighted by atomic mass is 9.90. The summed E-state index contributed by atoms with van der Waals surface area (Å²) in [6.45, 7) is -0.335. The number of hydrogen-bond donors (Lipinski definition) is 1. The Kier molecular flexibility index (Phi) is 5.25. The number of nitrogens with zero attached hydrogens (tertiary/aromatic N) is 2. The third kappa shape index (κ3) is 3.62. The van der Waals surface area contributed by atoms with Crippen molar-refractivity contribution in [1.82, 2.24) is 9.96 Å². The van der Waals surface area contributed by atoms with Crippen molar-refractivity contribution in [2.24, 2.45) is 0 Å². The molecule has 2 bridgehead atoms. The van der Waals surface area contributed by atoms with Crippen LogP contribution in [0, 0.1) is 0 Å². The second-order valence-corrected chi connectivity index (χ2v) is 8.56. The zero-order valence-electron chi connectivity index (χ0n) is 16.0. The summed E-state index contributed by atoms with van der Waals surface area (Å²) in [6, 6.07) is 8.60. The lowest BCUT2D eigenvalue weighted by Crippen LogP contribution is -2.38. The van der Waals surface area contributed by atoms with Crippen molar-refractivity contribution in [3.8, 4) is 5.75 Å². The minimum atomic E-state index is -6.03. The van der Waals surface area contributed by atoms with Gasteiger partial charge in [0, 0.05) is 5.56 Å². The van der Waals surface area contributed by atoms with Gasteiger partial charge < -0.3 is 14.2 Å². The number of amides is 2. The molecule has 0 radical (unpaired) electrons. The van der Waals surface area contributed by atoms with Crippen molar-refractivity contribution >= 4 is 22.1 Å². The molecule has 0 spiro atoms. The van der Waals surface area contributed by atoms with E-state index >= 15 is 0 Å². The molecule has 0 aliphatic carbocycles. The minimum absolute atomic E-state index is 0.0669. The Morgan fingerprint density at radius 1 is 1.12 bits per heavy atom. The highest BCUT2D eigenvalue weighted by atomic mass is 32.2. The van der Waals surface area contributed by atoms with E-state index in [2.05, 4.69) is 4.18 Å². The molecular formula is C19H15F3N2O7S. The second-order valence-electron chi connectivity index (χ2n) is 7.02. The van der Waals surface area contributed by atoms with E-state index in [1.54, 1.807) is 30.3 Å². The smallest absolute Gasteiger partial charge is 0.479 e. The van der Waals surface area contributed by atoms with Gasteiger partial charge in [0.2, 0.25) is 0 Å². The van der Waals surface area contributed by atoms with E-state index < -0.39 is 45.5 Å². The highest BCUT2D eigenvalue weighted by Gasteiger charge is 2.54. The number of carboxylic acids is 1. The number of hydrogen-bond acceptors (Lipinski definition) is 6. The molecule has 2 atom stereocenters. The number of aliphatic carboxylic acids is 1. The maximum Gasteiger partial charge on any atom is 0.534 e. The fraction of sp³-hybridized carbons (Fsp3) is 0.263. The van der Waals surface area contributed by atoms with Gasteiger partial charge in [0.25, 0.3) is 0 Å². The number of alkyl halides is 3. The fourth-order valence-electron chi connectivity index (χ4n) is 3.71. The molecule has 2 heterocycles. The van der Waals surface area contributed by atoms with E-state index in [4.69, 9.17) is 4.84 Å². The van der Waals surface area contributed by atoms with Crippen molar-refractivity contribution in [1.29, 1.82) is 0 Å². The molecule has 0 aromatic heterocycles. The molecule has 9 nitrogen and oxygen atoms in total. The Labute approximate surface area is 179 Å². The number of hydroxylamine groups is 2. The molecule has 13 heteroatoms. The van der Waals surface area contributed by atoms with Gasteiger partial charge in [-0.3, -0.25) is 4.84 Å². The third-order valence-corrected chi connectivity index (χ3v) is 6.02.